The molecule has 1 atom stereocenters. The lowest BCUT2D eigenvalue weighted by molar-refractivity contribution is 0.193. The lowest BCUT2D eigenvalue weighted by Crippen LogP contribution is -2.32. The van der Waals surface area contributed by atoms with Crippen molar-refractivity contribution >= 4 is 23.1 Å². The van der Waals surface area contributed by atoms with Crippen molar-refractivity contribution in [3.8, 4) is 0 Å². The van der Waals surface area contributed by atoms with E-state index in [4.69, 9.17) is 10.5 Å². The third-order valence-corrected chi connectivity index (χ3v) is 5.55. The van der Waals surface area contributed by atoms with Gasteiger partial charge < -0.3 is 20.3 Å². The highest BCUT2D eigenvalue weighted by atomic mass is 32.1. The lowest BCUT2D eigenvalue weighted by atomic mass is 10.0. The highest BCUT2D eigenvalue weighted by Gasteiger charge is 2.22. The van der Waals surface area contributed by atoms with Gasteiger partial charge in [-0.25, -0.2) is 4.98 Å². The monoisotopic (exact) mass is 361 g/mol. The van der Waals surface area contributed by atoms with E-state index in [0.717, 1.165) is 50.8 Å². The van der Waals surface area contributed by atoms with E-state index in [1.165, 1.54) is 10.4 Å². The SMILES string of the molecule is Cc1ccsc1CN(CCN(C)C)c1cc([C@@H]2CCOC2)nc(N)n1. The van der Waals surface area contributed by atoms with Crippen molar-refractivity contribution in [2.24, 2.45) is 0 Å². The summed E-state index contributed by atoms with van der Waals surface area (Å²) in [6.45, 7) is 6.36. The van der Waals surface area contributed by atoms with Gasteiger partial charge in [0, 0.05) is 36.6 Å². The van der Waals surface area contributed by atoms with Gasteiger partial charge in [-0.15, -0.1) is 11.3 Å². The fourth-order valence-electron chi connectivity index (χ4n) is 2.95. The van der Waals surface area contributed by atoms with E-state index in [2.05, 4.69) is 58.3 Å². The number of aryl methyl sites for hydroxylation is 1. The predicted octanol–water partition coefficient (Wildman–Crippen LogP) is 2.50. The molecule has 3 rings (SSSR count). The minimum Gasteiger partial charge on any atom is -0.381 e. The van der Waals surface area contributed by atoms with Crippen LogP contribution in [-0.2, 0) is 11.3 Å². The predicted molar refractivity (Wildman–Crippen MR) is 103 cm³/mol. The minimum atomic E-state index is 0.322. The van der Waals surface area contributed by atoms with Crippen LogP contribution in [0, 0.1) is 6.92 Å². The van der Waals surface area contributed by atoms with Gasteiger partial charge in [0.2, 0.25) is 5.95 Å². The third-order valence-electron chi connectivity index (χ3n) is 4.54. The number of aromatic nitrogens is 2. The Kier molecular flexibility index (Phi) is 5.88. The molecule has 7 heteroatoms. The standard InChI is InChI=1S/C18H27N5OS/c1-13-5-9-25-16(13)11-23(7-6-22(2)3)17-10-15(20-18(19)21-17)14-4-8-24-12-14/h5,9-10,14H,4,6-8,11-12H2,1-3H3,(H2,19,20,21)/t14-/m1/s1. The number of nitrogen functional groups attached to an aromatic ring is 1. The van der Waals surface area contributed by atoms with Gasteiger partial charge in [0.25, 0.3) is 0 Å². The minimum absolute atomic E-state index is 0.322. The van der Waals surface area contributed by atoms with Gasteiger partial charge in [0.1, 0.15) is 5.82 Å². The van der Waals surface area contributed by atoms with E-state index in [1.54, 1.807) is 11.3 Å². The molecule has 0 aliphatic carbocycles. The number of anilines is 2. The molecule has 3 heterocycles. The molecule has 0 unspecified atom stereocenters. The van der Waals surface area contributed by atoms with Crippen LogP contribution in [0.3, 0.4) is 0 Å². The first-order chi connectivity index (χ1) is 12.0. The zero-order valence-corrected chi connectivity index (χ0v) is 16.1. The summed E-state index contributed by atoms with van der Waals surface area (Å²) in [6, 6.07) is 4.26. The van der Waals surface area contributed by atoms with E-state index in [-0.39, 0.29) is 0 Å². The molecule has 2 aromatic rings. The summed E-state index contributed by atoms with van der Waals surface area (Å²) in [5, 5.41) is 2.14. The number of rotatable bonds is 7. The first-order valence-electron chi connectivity index (χ1n) is 8.68. The Morgan fingerprint density at radius 2 is 2.16 bits per heavy atom. The second-order valence-corrected chi connectivity index (χ2v) is 7.82. The molecule has 6 nitrogen and oxygen atoms in total. The molecule has 1 aliphatic rings. The molecular formula is C18H27N5OS. The maximum Gasteiger partial charge on any atom is 0.222 e. The van der Waals surface area contributed by atoms with Crippen molar-refractivity contribution in [2.75, 3.05) is 51.0 Å². The van der Waals surface area contributed by atoms with Crippen molar-refractivity contribution in [3.63, 3.8) is 0 Å². The fraction of sp³-hybridized carbons (Fsp3) is 0.556. The molecule has 0 bridgehead atoms. The van der Waals surface area contributed by atoms with Crippen LogP contribution in [0.5, 0.6) is 0 Å². The van der Waals surface area contributed by atoms with E-state index >= 15 is 0 Å². The van der Waals surface area contributed by atoms with E-state index in [0.29, 0.717) is 11.9 Å². The summed E-state index contributed by atoms with van der Waals surface area (Å²) < 4.78 is 5.51. The highest BCUT2D eigenvalue weighted by Crippen LogP contribution is 2.28. The number of ether oxygens (including phenoxy) is 1. The van der Waals surface area contributed by atoms with Gasteiger partial charge >= 0.3 is 0 Å². The molecular weight excluding hydrogens is 334 g/mol. The van der Waals surface area contributed by atoms with E-state index < -0.39 is 0 Å². The lowest BCUT2D eigenvalue weighted by Gasteiger charge is -2.26. The summed E-state index contributed by atoms with van der Waals surface area (Å²) in [6.07, 6.45) is 0.998. The van der Waals surface area contributed by atoms with Gasteiger partial charge in [-0.3, -0.25) is 0 Å². The molecule has 1 saturated heterocycles. The van der Waals surface area contributed by atoms with Crippen LogP contribution in [-0.4, -0.2) is 55.3 Å². The molecule has 2 N–H and O–H groups in total. The van der Waals surface area contributed by atoms with Crippen LogP contribution in [0.4, 0.5) is 11.8 Å². The molecule has 136 valence electrons. The summed E-state index contributed by atoms with van der Waals surface area (Å²) in [7, 11) is 4.18. The molecule has 0 spiro atoms. The van der Waals surface area contributed by atoms with Gasteiger partial charge in [0.15, 0.2) is 0 Å². The van der Waals surface area contributed by atoms with E-state index in [9.17, 15) is 0 Å². The second-order valence-electron chi connectivity index (χ2n) is 6.82. The Morgan fingerprint density at radius 3 is 2.80 bits per heavy atom. The molecule has 0 saturated carbocycles. The van der Waals surface area contributed by atoms with Crippen LogP contribution < -0.4 is 10.6 Å². The molecule has 0 radical (unpaired) electrons. The average molecular weight is 362 g/mol. The Hall–Kier alpha value is -1.70. The van der Waals surface area contributed by atoms with Crippen molar-refractivity contribution in [1.29, 1.82) is 0 Å². The summed E-state index contributed by atoms with van der Waals surface area (Å²) in [4.78, 5) is 14.8. The van der Waals surface area contributed by atoms with Gasteiger partial charge in [-0.05, 0) is 44.4 Å². The summed E-state index contributed by atoms with van der Waals surface area (Å²) in [5.41, 5.74) is 8.35. The van der Waals surface area contributed by atoms with Crippen molar-refractivity contribution in [2.45, 2.75) is 25.8 Å². The Balaban J connectivity index is 1.87. The molecule has 2 aromatic heterocycles. The first-order valence-corrected chi connectivity index (χ1v) is 9.55. The zero-order chi connectivity index (χ0) is 17.8. The number of nitrogens with zero attached hydrogens (tertiary/aromatic N) is 4. The van der Waals surface area contributed by atoms with Crippen LogP contribution >= 0.6 is 11.3 Å². The first kappa shape index (κ1) is 18.1. The van der Waals surface area contributed by atoms with Gasteiger partial charge in [-0.2, -0.15) is 4.98 Å². The topological polar surface area (TPSA) is 67.5 Å². The molecule has 1 fully saturated rings. The maximum atomic E-state index is 6.03. The largest absolute Gasteiger partial charge is 0.381 e. The highest BCUT2D eigenvalue weighted by molar-refractivity contribution is 7.10. The molecule has 0 aromatic carbocycles. The third kappa shape index (κ3) is 4.68. The average Bonchev–Trinajstić information content (AvgIpc) is 3.22. The normalized spacial score (nSPS) is 17.4. The van der Waals surface area contributed by atoms with Crippen LogP contribution in [0.2, 0.25) is 0 Å². The number of hydrogen-bond acceptors (Lipinski definition) is 7. The Bertz CT molecular complexity index is 697. The number of likely N-dealkylation sites (N-methyl/N-ethyl adjacent to an activating group) is 1. The van der Waals surface area contributed by atoms with E-state index in [1.807, 2.05) is 0 Å². The maximum absolute atomic E-state index is 6.03. The van der Waals surface area contributed by atoms with Crippen LogP contribution in [0.25, 0.3) is 0 Å². The molecule has 1 aliphatic heterocycles. The van der Waals surface area contributed by atoms with Crippen molar-refractivity contribution in [1.82, 2.24) is 14.9 Å². The van der Waals surface area contributed by atoms with Crippen molar-refractivity contribution in [3.05, 3.63) is 33.6 Å². The van der Waals surface area contributed by atoms with Crippen LogP contribution in [0.15, 0.2) is 17.5 Å². The fourth-order valence-corrected chi connectivity index (χ4v) is 3.87. The molecule has 25 heavy (non-hydrogen) atoms. The van der Waals surface area contributed by atoms with Gasteiger partial charge in [0.05, 0.1) is 18.8 Å². The molecule has 0 amide bonds. The number of nitrogens with two attached hydrogens (primary N) is 1. The Labute approximate surface area is 153 Å². The zero-order valence-electron chi connectivity index (χ0n) is 15.2. The summed E-state index contributed by atoms with van der Waals surface area (Å²) >= 11 is 1.79. The van der Waals surface area contributed by atoms with Crippen molar-refractivity contribution < 1.29 is 4.74 Å². The number of hydrogen-bond donors (Lipinski definition) is 1. The summed E-state index contributed by atoms with van der Waals surface area (Å²) in [5.74, 6) is 1.57. The van der Waals surface area contributed by atoms with Gasteiger partial charge in [-0.1, -0.05) is 0 Å². The second kappa shape index (κ2) is 8.12. The quantitative estimate of drug-likeness (QED) is 0.817. The Morgan fingerprint density at radius 1 is 1.32 bits per heavy atom. The number of thiophene rings is 1. The smallest absolute Gasteiger partial charge is 0.222 e. The van der Waals surface area contributed by atoms with Crippen LogP contribution in [0.1, 0.15) is 28.5 Å².